The summed E-state index contributed by atoms with van der Waals surface area (Å²) in [6, 6.07) is 14.7. The van der Waals surface area contributed by atoms with E-state index >= 15 is 0 Å². The lowest BCUT2D eigenvalue weighted by molar-refractivity contribution is 0.0793. The van der Waals surface area contributed by atoms with Crippen molar-refractivity contribution in [3.05, 3.63) is 65.2 Å². The first-order valence-corrected chi connectivity index (χ1v) is 10.3. The van der Waals surface area contributed by atoms with Crippen LogP contribution in [0.5, 0.6) is 0 Å². The van der Waals surface area contributed by atoms with E-state index in [1.54, 1.807) is 24.3 Å². The molecule has 0 aliphatic carbocycles. The summed E-state index contributed by atoms with van der Waals surface area (Å²) in [5, 5.41) is 5.69. The molecule has 0 aromatic heterocycles. The van der Waals surface area contributed by atoms with Crippen LogP contribution in [-0.2, 0) is 17.9 Å². The lowest BCUT2D eigenvalue weighted by Gasteiger charge is -2.15. The molecule has 6 nitrogen and oxygen atoms in total. The second-order valence-electron chi connectivity index (χ2n) is 7.21. The van der Waals surface area contributed by atoms with Gasteiger partial charge >= 0.3 is 6.03 Å². The third-order valence-corrected chi connectivity index (χ3v) is 4.95. The quantitative estimate of drug-likeness (QED) is 0.659. The molecule has 29 heavy (non-hydrogen) atoms. The Morgan fingerprint density at radius 3 is 2.38 bits per heavy atom. The maximum Gasteiger partial charge on any atom is 0.319 e. The topological polar surface area (TPSA) is 70.7 Å². The van der Waals surface area contributed by atoms with Crippen molar-refractivity contribution in [1.82, 2.24) is 10.2 Å². The average Bonchev–Trinajstić information content (AvgIpc) is 3.28. The molecule has 0 unspecified atom stereocenters. The molecule has 0 spiro atoms. The summed E-state index contributed by atoms with van der Waals surface area (Å²) in [4.78, 5) is 26.5. The largest absolute Gasteiger partial charge is 0.377 e. The van der Waals surface area contributed by atoms with E-state index < -0.39 is 0 Å². The van der Waals surface area contributed by atoms with E-state index in [0.717, 1.165) is 50.1 Å². The molecule has 2 N–H and O–H groups in total. The number of urea groups is 1. The van der Waals surface area contributed by atoms with Gasteiger partial charge in [0, 0.05) is 37.5 Å². The average molecular weight is 396 g/mol. The van der Waals surface area contributed by atoms with Crippen LogP contribution in [0.4, 0.5) is 10.5 Å². The minimum atomic E-state index is -0.284. The Morgan fingerprint density at radius 1 is 1.00 bits per heavy atom. The fraction of sp³-hybridized carbons (Fsp3) is 0.391. The highest BCUT2D eigenvalue weighted by molar-refractivity contribution is 5.95. The first-order valence-electron chi connectivity index (χ1n) is 10.3. The number of ether oxygens (including phenoxy) is 1. The maximum atomic E-state index is 12.4. The van der Waals surface area contributed by atoms with Gasteiger partial charge in [-0.2, -0.15) is 0 Å². The summed E-state index contributed by atoms with van der Waals surface area (Å²) >= 11 is 0. The van der Waals surface area contributed by atoms with Gasteiger partial charge in [-0.3, -0.25) is 4.79 Å². The van der Waals surface area contributed by atoms with E-state index in [0.29, 0.717) is 24.4 Å². The van der Waals surface area contributed by atoms with Crippen LogP contribution in [0.25, 0.3) is 0 Å². The number of hydrogen-bond acceptors (Lipinski definition) is 3. The van der Waals surface area contributed by atoms with Gasteiger partial charge in [0.05, 0.1) is 6.61 Å². The van der Waals surface area contributed by atoms with Crippen molar-refractivity contribution in [1.29, 1.82) is 0 Å². The zero-order valence-electron chi connectivity index (χ0n) is 16.9. The Morgan fingerprint density at radius 2 is 1.69 bits per heavy atom. The normalized spacial score (nSPS) is 13.3. The fourth-order valence-corrected chi connectivity index (χ4v) is 3.35. The van der Waals surface area contributed by atoms with Crippen molar-refractivity contribution in [3.8, 4) is 0 Å². The highest BCUT2D eigenvalue weighted by Crippen LogP contribution is 2.16. The molecule has 6 heteroatoms. The first kappa shape index (κ1) is 20.9. The number of anilines is 1. The molecular formula is C23H29N3O3. The van der Waals surface area contributed by atoms with Gasteiger partial charge in [-0.15, -0.1) is 0 Å². The molecule has 1 aliphatic heterocycles. The minimum absolute atomic E-state index is 0.0559. The number of carbonyl (C=O) groups is 2. The number of hydrogen-bond donors (Lipinski definition) is 2. The van der Waals surface area contributed by atoms with Crippen LogP contribution < -0.4 is 10.6 Å². The molecular weight excluding hydrogens is 366 g/mol. The number of carbonyl (C=O) groups excluding carboxylic acids is 2. The van der Waals surface area contributed by atoms with E-state index in [-0.39, 0.29) is 11.9 Å². The van der Waals surface area contributed by atoms with Gasteiger partial charge in [0.2, 0.25) is 0 Å². The maximum absolute atomic E-state index is 12.4. The van der Waals surface area contributed by atoms with Crippen molar-refractivity contribution in [3.63, 3.8) is 0 Å². The Balaban J connectivity index is 1.50. The Kier molecular flexibility index (Phi) is 7.64. The number of benzene rings is 2. The monoisotopic (exact) mass is 395 g/mol. The van der Waals surface area contributed by atoms with E-state index in [4.69, 9.17) is 4.74 Å². The van der Waals surface area contributed by atoms with Crippen LogP contribution in [0.1, 0.15) is 47.7 Å². The molecule has 1 fully saturated rings. The predicted molar refractivity (Wildman–Crippen MR) is 114 cm³/mol. The molecule has 2 aromatic carbocycles. The first-order chi connectivity index (χ1) is 14.2. The summed E-state index contributed by atoms with van der Waals surface area (Å²) < 4.78 is 5.62. The summed E-state index contributed by atoms with van der Waals surface area (Å²) in [5.74, 6) is 0.0559. The van der Waals surface area contributed by atoms with E-state index in [1.165, 1.54) is 0 Å². The zero-order valence-corrected chi connectivity index (χ0v) is 16.9. The van der Waals surface area contributed by atoms with Gasteiger partial charge in [-0.25, -0.2) is 4.79 Å². The van der Waals surface area contributed by atoms with Crippen molar-refractivity contribution in [2.75, 3.05) is 25.0 Å². The van der Waals surface area contributed by atoms with Crippen LogP contribution in [0.3, 0.4) is 0 Å². The molecule has 1 heterocycles. The van der Waals surface area contributed by atoms with Gasteiger partial charge in [0.1, 0.15) is 0 Å². The number of amides is 3. The Hall–Kier alpha value is -2.86. The third-order valence-electron chi connectivity index (χ3n) is 4.95. The standard InChI is InChI=1S/C23H29N3O3/c1-2-15-29-17-20-8-4-3-7-19(20)16-24-23(28)25-21-11-9-18(10-12-21)22(27)26-13-5-6-14-26/h3-4,7-12H,2,5-6,13-17H2,1H3,(H2,24,25,28). The molecule has 1 aliphatic rings. The van der Waals surface area contributed by atoms with Crippen LogP contribution >= 0.6 is 0 Å². The zero-order chi connectivity index (χ0) is 20.5. The van der Waals surface area contributed by atoms with Gasteiger partial charge in [-0.05, 0) is 54.7 Å². The van der Waals surface area contributed by atoms with E-state index in [9.17, 15) is 9.59 Å². The van der Waals surface area contributed by atoms with Crippen LogP contribution in [0, 0.1) is 0 Å². The molecule has 0 saturated carbocycles. The molecule has 1 saturated heterocycles. The molecule has 3 amide bonds. The number of likely N-dealkylation sites (tertiary alicyclic amines) is 1. The van der Waals surface area contributed by atoms with E-state index in [2.05, 4.69) is 17.6 Å². The lowest BCUT2D eigenvalue weighted by atomic mass is 10.1. The van der Waals surface area contributed by atoms with E-state index in [1.807, 2.05) is 29.2 Å². The lowest BCUT2D eigenvalue weighted by Crippen LogP contribution is -2.29. The van der Waals surface area contributed by atoms with Crippen LogP contribution in [0.15, 0.2) is 48.5 Å². The minimum Gasteiger partial charge on any atom is -0.377 e. The SMILES string of the molecule is CCCOCc1ccccc1CNC(=O)Nc1ccc(C(=O)N2CCCC2)cc1. The fourth-order valence-electron chi connectivity index (χ4n) is 3.35. The van der Waals surface area contributed by atoms with Crippen molar-refractivity contribution in [2.45, 2.75) is 39.3 Å². The number of rotatable bonds is 8. The van der Waals surface area contributed by atoms with Gasteiger partial charge < -0.3 is 20.3 Å². The highest BCUT2D eigenvalue weighted by atomic mass is 16.5. The molecule has 0 atom stereocenters. The van der Waals surface area contributed by atoms with Gasteiger partial charge in [-0.1, -0.05) is 31.2 Å². The second-order valence-corrected chi connectivity index (χ2v) is 7.21. The third kappa shape index (κ3) is 6.06. The molecule has 154 valence electrons. The summed E-state index contributed by atoms with van der Waals surface area (Å²) in [6.45, 7) is 5.41. The Labute approximate surface area is 172 Å². The molecule has 2 aromatic rings. The predicted octanol–water partition coefficient (Wildman–Crippen LogP) is 4.17. The molecule has 0 radical (unpaired) electrons. The second kappa shape index (κ2) is 10.6. The number of nitrogens with zero attached hydrogens (tertiary/aromatic N) is 1. The summed E-state index contributed by atoms with van der Waals surface area (Å²) in [7, 11) is 0. The van der Waals surface area contributed by atoms with Crippen LogP contribution in [-0.4, -0.2) is 36.5 Å². The van der Waals surface area contributed by atoms with Crippen molar-refractivity contribution in [2.24, 2.45) is 0 Å². The van der Waals surface area contributed by atoms with Crippen LogP contribution in [0.2, 0.25) is 0 Å². The number of nitrogens with one attached hydrogen (secondary N) is 2. The smallest absolute Gasteiger partial charge is 0.319 e. The highest BCUT2D eigenvalue weighted by Gasteiger charge is 2.19. The van der Waals surface area contributed by atoms with Gasteiger partial charge in [0.25, 0.3) is 5.91 Å². The summed E-state index contributed by atoms with van der Waals surface area (Å²) in [6.07, 6.45) is 3.12. The van der Waals surface area contributed by atoms with Crippen molar-refractivity contribution >= 4 is 17.6 Å². The summed E-state index contributed by atoms with van der Waals surface area (Å²) in [5.41, 5.74) is 3.41. The van der Waals surface area contributed by atoms with Crippen molar-refractivity contribution < 1.29 is 14.3 Å². The molecule has 0 bridgehead atoms. The molecule has 3 rings (SSSR count). The Bertz CT molecular complexity index is 814. The van der Waals surface area contributed by atoms with Gasteiger partial charge in [0.15, 0.2) is 0 Å².